The summed E-state index contributed by atoms with van der Waals surface area (Å²) >= 11 is 7.21. The van der Waals surface area contributed by atoms with Crippen LogP contribution in [0.3, 0.4) is 0 Å². The van der Waals surface area contributed by atoms with Gasteiger partial charge in [-0.2, -0.15) is 0 Å². The summed E-state index contributed by atoms with van der Waals surface area (Å²) in [6, 6.07) is 18.9. The Labute approximate surface area is 181 Å². The number of nitrogens with zero attached hydrogens (tertiary/aromatic N) is 2. The summed E-state index contributed by atoms with van der Waals surface area (Å²) in [5, 5.41) is 1.81. The van der Waals surface area contributed by atoms with Gasteiger partial charge in [-0.3, -0.25) is 4.90 Å². The molecular formula is C24H25N3S2. The second kappa shape index (κ2) is 9.53. The number of aromatic amines is 1. The lowest BCUT2D eigenvalue weighted by Gasteiger charge is -2.09. The Hall–Kier alpha value is -2.21. The number of fused-ring (bicyclic) bond motifs is 1. The van der Waals surface area contributed by atoms with Gasteiger partial charge in [0.05, 0.1) is 5.69 Å². The van der Waals surface area contributed by atoms with Gasteiger partial charge in [0.1, 0.15) is 0 Å². The molecule has 1 N–H and O–H groups in total. The molecule has 0 saturated carbocycles. The molecule has 29 heavy (non-hydrogen) atoms. The molecule has 148 valence electrons. The fraction of sp³-hybridized carbons (Fsp3) is 0.250. The lowest BCUT2D eigenvalue weighted by atomic mass is 10.0. The number of aromatic nitrogens is 2. The van der Waals surface area contributed by atoms with E-state index in [1.165, 1.54) is 23.6 Å². The van der Waals surface area contributed by atoms with Crippen molar-refractivity contribution < 1.29 is 0 Å². The first-order chi connectivity index (χ1) is 14.2. The van der Waals surface area contributed by atoms with Crippen LogP contribution >= 0.6 is 24.0 Å². The van der Waals surface area contributed by atoms with Crippen LogP contribution in [0.5, 0.6) is 0 Å². The number of likely N-dealkylation sites (N-methyl/N-ethyl adjacent to an activating group) is 1. The number of H-pyrrole nitrogens is 1. The van der Waals surface area contributed by atoms with Crippen molar-refractivity contribution in [3.05, 3.63) is 88.9 Å². The van der Waals surface area contributed by atoms with Gasteiger partial charge in [-0.05, 0) is 49.3 Å². The molecule has 5 rings (SSSR count). The first kappa shape index (κ1) is 20.1. The third-order valence-electron chi connectivity index (χ3n) is 5.05. The summed E-state index contributed by atoms with van der Waals surface area (Å²) < 4.78 is 0.540. The van der Waals surface area contributed by atoms with Crippen molar-refractivity contribution in [1.82, 2.24) is 14.9 Å². The van der Waals surface area contributed by atoms with Crippen LogP contribution in [0.4, 0.5) is 0 Å². The van der Waals surface area contributed by atoms with E-state index in [9.17, 15) is 0 Å². The molecule has 0 spiro atoms. The standard InChI is InChI=1S/C14H12N2S.C10H13NS/c17-14-15-12-9-5-4-8-11(12)13(16-14)10-6-2-1-3-7-10;1-11-7-10(12-8-11)9-5-3-2-4-6-9/h2,4-9H,1,3H2,(H,15,16,17);2-6,10H,7-8H2,1H3. The Kier molecular flexibility index (Phi) is 6.60. The normalized spacial score (nSPS) is 18.9. The van der Waals surface area contributed by atoms with E-state index < -0.39 is 0 Å². The van der Waals surface area contributed by atoms with E-state index in [-0.39, 0.29) is 0 Å². The minimum atomic E-state index is 0.540. The molecule has 5 heteroatoms. The maximum Gasteiger partial charge on any atom is 0.197 e. The molecular weight excluding hydrogens is 394 g/mol. The predicted molar refractivity (Wildman–Crippen MR) is 128 cm³/mol. The molecule has 1 unspecified atom stereocenters. The molecule has 3 nitrogen and oxygen atoms in total. The van der Waals surface area contributed by atoms with Crippen LogP contribution in [0.1, 0.15) is 29.3 Å². The molecule has 2 aliphatic rings. The zero-order valence-electron chi connectivity index (χ0n) is 16.5. The number of hydrogen-bond donors (Lipinski definition) is 1. The molecule has 2 heterocycles. The highest BCUT2D eigenvalue weighted by atomic mass is 32.2. The third kappa shape index (κ3) is 5.04. The van der Waals surface area contributed by atoms with E-state index in [2.05, 4.69) is 76.5 Å². The highest BCUT2D eigenvalue weighted by Crippen LogP contribution is 2.34. The quantitative estimate of drug-likeness (QED) is 0.488. The SMILES string of the molecule is CN1CSC(c2ccccc2)C1.S=c1nc(C2=CCCC=C2)c2ccccc2[nH]1. The average Bonchev–Trinajstić information content (AvgIpc) is 3.21. The zero-order valence-corrected chi connectivity index (χ0v) is 18.2. The fourth-order valence-electron chi connectivity index (χ4n) is 3.59. The Morgan fingerprint density at radius 2 is 1.86 bits per heavy atom. The van der Waals surface area contributed by atoms with Crippen LogP contribution in [-0.2, 0) is 0 Å². The maximum atomic E-state index is 5.18. The Morgan fingerprint density at radius 1 is 1.07 bits per heavy atom. The van der Waals surface area contributed by atoms with Gasteiger partial charge in [0.25, 0.3) is 0 Å². The summed E-state index contributed by atoms with van der Waals surface area (Å²) in [7, 11) is 2.18. The van der Waals surface area contributed by atoms with Crippen molar-refractivity contribution in [1.29, 1.82) is 0 Å². The molecule has 1 atom stereocenters. The predicted octanol–water partition coefficient (Wildman–Crippen LogP) is 6.39. The van der Waals surface area contributed by atoms with Gasteiger partial charge in [0.15, 0.2) is 4.77 Å². The van der Waals surface area contributed by atoms with Crippen molar-refractivity contribution in [2.24, 2.45) is 0 Å². The van der Waals surface area contributed by atoms with Crippen LogP contribution in [0.2, 0.25) is 0 Å². The highest BCUT2D eigenvalue weighted by molar-refractivity contribution is 7.99. The summed E-state index contributed by atoms with van der Waals surface area (Å²) in [4.78, 5) is 9.95. The molecule has 0 amide bonds. The van der Waals surface area contributed by atoms with E-state index in [1.54, 1.807) is 0 Å². The third-order valence-corrected chi connectivity index (χ3v) is 6.66. The van der Waals surface area contributed by atoms with Crippen molar-refractivity contribution in [3.63, 3.8) is 0 Å². The Morgan fingerprint density at radius 3 is 2.59 bits per heavy atom. The number of thioether (sulfide) groups is 1. The van der Waals surface area contributed by atoms with Crippen LogP contribution < -0.4 is 0 Å². The molecule has 1 aliphatic heterocycles. The summed E-state index contributed by atoms with van der Waals surface area (Å²) in [6.07, 6.45) is 8.73. The lowest BCUT2D eigenvalue weighted by molar-refractivity contribution is 0.418. The number of rotatable bonds is 2. The smallest absolute Gasteiger partial charge is 0.197 e. The molecule has 0 radical (unpaired) electrons. The topological polar surface area (TPSA) is 31.9 Å². The van der Waals surface area contributed by atoms with Crippen LogP contribution in [0.15, 0.2) is 72.8 Å². The summed E-state index contributed by atoms with van der Waals surface area (Å²) in [5.41, 5.74) is 4.67. The number of nitrogens with one attached hydrogen (secondary N) is 1. The zero-order chi connectivity index (χ0) is 20.1. The van der Waals surface area contributed by atoms with E-state index in [0.717, 1.165) is 29.4 Å². The maximum absolute atomic E-state index is 5.18. The lowest BCUT2D eigenvalue weighted by Crippen LogP contribution is -2.13. The van der Waals surface area contributed by atoms with E-state index in [4.69, 9.17) is 12.2 Å². The monoisotopic (exact) mass is 419 g/mol. The minimum Gasteiger partial charge on any atom is -0.330 e. The average molecular weight is 420 g/mol. The van der Waals surface area contributed by atoms with Gasteiger partial charge >= 0.3 is 0 Å². The van der Waals surface area contributed by atoms with Gasteiger partial charge in [0.2, 0.25) is 0 Å². The van der Waals surface area contributed by atoms with E-state index in [1.807, 2.05) is 30.0 Å². The second-order valence-electron chi connectivity index (χ2n) is 7.31. The first-order valence-electron chi connectivity index (χ1n) is 9.92. The summed E-state index contributed by atoms with van der Waals surface area (Å²) in [5.74, 6) is 1.17. The fourth-order valence-corrected chi connectivity index (χ4v) is 5.04. The van der Waals surface area contributed by atoms with Gasteiger partial charge < -0.3 is 4.98 Å². The van der Waals surface area contributed by atoms with Crippen LogP contribution in [0.25, 0.3) is 16.5 Å². The van der Waals surface area contributed by atoms with Crippen molar-refractivity contribution in [3.8, 4) is 0 Å². The number of hydrogen-bond acceptors (Lipinski definition) is 4. The second-order valence-corrected chi connectivity index (χ2v) is 8.86. The van der Waals surface area contributed by atoms with E-state index >= 15 is 0 Å². The number of benzene rings is 2. The first-order valence-corrected chi connectivity index (χ1v) is 11.4. The van der Waals surface area contributed by atoms with Crippen molar-refractivity contribution in [2.45, 2.75) is 18.1 Å². The molecule has 3 aromatic rings. The molecule has 2 aromatic carbocycles. The van der Waals surface area contributed by atoms with Crippen LogP contribution in [-0.4, -0.2) is 34.3 Å². The van der Waals surface area contributed by atoms with Crippen LogP contribution in [0, 0.1) is 4.77 Å². The number of allylic oxidation sites excluding steroid dienone is 4. The highest BCUT2D eigenvalue weighted by Gasteiger charge is 2.20. The number of para-hydroxylation sites is 1. The Bertz CT molecular complexity index is 1090. The van der Waals surface area contributed by atoms with Crippen molar-refractivity contribution in [2.75, 3.05) is 19.5 Å². The largest absolute Gasteiger partial charge is 0.330 e. The van der Waals surface area contributed by atoms with E-state index in [0.29, 0.717) is 10.0 Å². The molecule has 1 aliphatic carbocycles. The Balaban J connectivity index is 0.000000150. The molecule has 0 bridgehead atoms. The van der Waals surface area contributed by atoms with Gasteiger partial charge in [-0.1, -0.05) is 66.8 Å². The van der Waals surface area contributed by atoms with Gasteiger partial charge in [-0.15, -0.1) is 11.8 Å². The molecule has 1 saturated heterocycles. The minimum absolute atomic E-state index is 0.540. The molecule has 1 fully saturated rings. The summed E-state index contributed by atoms with van der Waals surface area (Å²) in [6.45, 7) is 1.19. The van der Waals surface area contributed by atoms with Gasteiger partial charge in [0, 0.05) is 28.6 Å². The van der Waals surface area contributed by atoms with Gasteiger partial charge in [-0.25, -0.2) is 4.98 Å². The molecule has 1 aromatic heterocycles. The van der Waals surface area contributed by atoms with Crippen molar-refractivity contribution >= 4 is 40.5 Å².